The maximum Gasteiger partial charge on any atom is 0.0801 e. The van der Waals surface area contributed by atoms with E-state index in [1.54, 1.807) is 0 Å². The Balaban J connectivity index is 1.89. The van der Waals surface area contributed by atoms with Crippen LogP contribution in [0.4, 0.5) is 0 Å². The summed E-state index contributed by atoms with van der Waals surface area (Å²) in [7, 11) is 0. The van der Waals surface area contributed by atoms with Crippen LogP contribution in [0.15, 0.2) is 21.6 Å². The number of thioether (sulfide) groups is 4. The van der Waals surface area contributed by atoms with E-state index in [2.05, 4.69) is 21.6 Å². The number of hydrogen-bond donors (Lipinski definition) is 0. The van der Waals surface area contributed by atoms with Crippen LogP contribution in [0.25, 0.3) is 0 Å². The predicted molar refractivity (Wildman–Crippen MR) is 56.2 cm³/mol. The molecule has 54 valence electrons. The summed E-state index contributed by atoms with van der Waals surface area (Å²) in [5.41, 5.74) is 0. The van der Waals surface area contributed by atoms with Gasteiger partial charge >= 0.3 is 0 Å². The van der Waals surface area contributed by atoms with Gasteiger partial charge in [-0.15, -0.1) is 47.0 Å². The fourth-order valence-corrected chi connectivity index (χ4v) is 5.74. The minimum Gasteiger partial charge on any atom is -0.117 e. The van der Waals surface area contributed by atoms with Gasteiger partial charge in [0.05, 0.1) is 9.16 Å². The van der Waals surface area contributed by atoms with E-state index in [-0.39, 0.29) is 0 Å². The number of hydrogen-bond acceptors (Lipinski definition) is 4. The molecule has 0 aromatic rings. The van der Waals surface area contributed by atoms with Crippen LogP contribution in [0, 0.1) is 0 Å². The largest absolute Gasteiger partial charge is 0.117 e. The Labute approximate surface area is 77.7 Å². The summed E-state index contributed by atoms with van der Waals surface area (Å²) in [6.07, 6.45) is 0. The maximum absolute atomic E-state index is 2.19. The first kappa shape index (κ1) is 7.53. The van der Waals surface area contributed by atoms with Gasteiger partial charge in [0.15, 0.2) is 0 Å². The first-order valence-corrected chi connectivity index (χ1v) is 6.66. The molecule has 0 aromatic heterocycles. The van der Waals surface area contributed by atoms with Crippen molar-refractivity contribution < 1.29 is 0 Å². The molecule has 0 atom stereocenters. The van der Waals surface area contributed by atoms with Gasteiger partial charge < -0.3 is 0 Å². The molecule has 2 rings (SSSR count). The summed E-state index contributed by atoms with van der Waals surface area (Å²) in [5, 5.41) is 8.76. The second-order valence-electron chi connectivity index (χ2n) is 1.83. The van der Waals surface area contributed by atoms with Crippen LogP contribution >= 0.6 is 47.0 Å². The topological polar surface area (TPSA) is 0 Å². The van der Waals surface area contributed by atoms with Gasteiger partial charge in [-0.05, 0) is 21.6 Å². The highest BCUT2D eigenvalue weighted by atomic mass is 32.2. The molecule has 4 heteroatoms. The van der Waals surface area contributed by atoms with Gasteiger partial charge in [0.1, 0.15) is 0 Å². The molecule has 0 aliphatic carbocycles. The molecule has 0 bridgehead atoms. The van der Waals surface area contributed by atoms with Crippen molar-refractivity contribution in [1.82, 2.24) is 0 Å². The first-order chi connectivity index (χ1) is 4.97. The van der Waals surface area contributed by atoms with Crippen molar-refractivity contribution in [3.8, 4) is 0 Å². The van der Waals surface area contributed by atoms with Crippen molar-refractivity contribution in [2.45, 2.75) is 9.16 Å². The highest BCUT2D eigenvalue weighted by Gasteiger charge is 2.25. The van der Waals surface area contributed by atoms with Crippen LogP contribution in [0.5, 0.6) is 0 Å². The Morgan fingerprint density at radius 3 is 1.20 bits per heavy atom. The first-order valence-electron chi connectivity index (χ1n) is 2.89. The lowest BCUT2D eigenvalue weighted by molar-refractivity contribution is 1.39. The Kier molecular flexibility index (Phi) is 2.65. The van der Waals surface area contributed by atoms with Crippen LogP contribution in [0.3, 0.4) is 0 Å². The zero-order chi connectivity index (χ0) is 6.81. The van der Waals surface area contributed by atoms with Gasteiger partial charge in [-0.25, -0.2) is 0 Å². The molecule has 2 heterocycles. The smallest absolute Gasteiger partial charge is 0.0801 e. The highest BCUT2D eigenvalue weighted by Crippen LogP contribution is 2.47. The summed E-state index contributed by atoms with van der Waals surface area (Å²) in [4.78, 5) is 0. The molecule has 0 N–H and O–H groups in total. The molecule has 0 fully saturated rings. The molecular formula is C6H6S4. The van der Waals surface area contributed by atoms with Crippen molar-refractivity contribution in [2.75, 3.05) is 0 Å². The van der Waals surface area contributed by atoms with E-state index in [1.165, 1.54) is 0 Å². The lowest BCUT2D eigenvalue weighted by Gasteiger charge is -2.13. The van der Waals surface area contributed by atoms with Gasteiger partial charge in [0.2, 0.25) is 0 Å². The Morgan fingerprint density at radius 1 is 0.600 bits per heavy atom. The Morgan fingerprint density at radius 2 is 0.900 bits per heavy atom. The lowest BCUT2D eigenvalue weighted by Crippen LogP contribution is -2.05. The molecule has 2 aliphatic heterocycles. The lowest BCUT2D eigenvalue weighted by atomic mass is 10.9. The summed E-state index contributed by atoms with van der Waals surface area (Å²) in [5.74, 6) is 0. The molecule has 0 amide bonds. The third-order valence-corrected chi connectivity index (χ3v) is 6.89. The van der Waals surface area contributed by atoms with E-state index < -0.39 is 0 Å². The van der Waals surface area contributed by atoms with E-state index in [0.717, 1.165) is 9.16 Å². The molecular weight excluding hydrogens is 200 g/mol. The van der Waals surface area contributed by atoms with Gasteiger partial charge in [0.25, 0.3) is 0 Å². The van der Waals surface area contributed by atoms with Gasteiger partial charge in [-0.1, -0.05) is 0 Å². The fourth-order valence-electron chi connectivity index (χ4n) is 0.759. The highest BCUT2D eigenvalue weighted by molar-refractivity contribution is 8.28. The van der Waals surface area contributed by atoms with Crippen LogP contribution in [0.1, 0.15) is 0 Å². The molecule has 0 unspecified atom stereocenters. The average molecular weight is 206 g/mol. The van der Waals surface area contributed by atoms with Gasteiger partial charge in [-0.2, -0.15) is 0 Å². The molecule has 0 aromatic carbocycles. The van der Waals surface area contributed by atoms with Crippen LogP contribution in [-0.2, 0) is 0 Å². The minimum absolute atomic E-state index is 0.741. The molecule has 0 radical (unpaired) electrons. The van der Waals surface area contributed by atoms with E-state index in [1.807, 2.05) is 47.0 Å². The van der Waals surface area contributed by atoms with E-state index in [4.69, 9.17) is 0 Å². The summed E-state index contributed by atoms with van der Waals surface area (Å²) < 4.78 is 1.48. The van der Waals surface area contributed by atoms with Gasteiger partial charge in [-0.3, -0.25) is 0 Å². The van der Waals surface area contributed by atoms with E-state index in [0.29, 0.717) is 0 Å². The third-order valence-electron chi connectivity index (χ3n) is 1.18. The zero-order valence-corrected chi connectivity index (χ0v) is 8.36. The van der Waals surface area contributed by atoms with Crippen LogP contribution in [0.2, 0.25) is 0 Å². The minimum atomic E-state index is 0.741. The van der Waals surface area contributed by atoms with Crippen LogP contribution < -0.4 is 0 Å². The van der Waals surface area contributed by atoms with Crippen molar-refractivity contribution in [3.05, 3.63) is 21.6 Å². The van der Waals surface area contributed by atoms with Crippen molar-refractivity contribution in [3.63, 3.8) is 0 Å². The second kappa shape index (κ2) is 3.52. The predicted octanol–water partition coefficient (Wildman–Crippen LogP) is 3.54. The fraction of sp³-hybridized carbons (Fsp3) is 0.333. The monoisotopic (exact) mass is 206 g/mol. The standard InChI is InChI=1S/C6H6S4/c1-2-8-5(7-1)6-9-3-4-10-6/h1-6H. The van der Waals surface area contributed by atoms with Crippen LogP contribution in [-0.4, -0.2) is 9.16 Å². The summed E-state index contributed by atoms with van der Waals surface area (Å²) >= 11 is 7.76. The summed E-state index contributed by atoms with van der Waals surface area (Å²) in [6.45, 7) is 0. The molecule has 0 saturated carbocycles. The molecule has 2 aliphatic rings. The Hall–Kier alpha value is 0.880. The van der Waals surface area contributed by atoms with E-state index in [9.17, 15) is 0 Å². The normalized spacial score (nSPS) is 26.8. The maximum atomic E-state index is 2.19. The van der Waals surface area contributed by atoms with Crippen molar-refractivity contribution >= 4 is 47.0 Å². The quantitative estimate of drug-likeness (QED) is 0.643. The van der Waals surface area contributed by atoms with Gasteiger partial charge in [0, 0.05) is 0 Å². The van der Waals surface area contributed by atoms with E-state index >= 15 is 0 Å². The third kappa shape index (κ3) is 1.55. The Bertz CT molecular complexity index is 139. The second-order valence-corrected chi connectivity index (χ2v) is 6.63. The number of rotatable bonds is 1. The summed E-state index contributed by atoms with van der Waals surface area (Å²) in [6, 6.07) is 0. The molecule has 10 heavy (non-hydrogen) atoms. The SMILES string of the molecule is C1=CSC(C2SC=CS2)S1. The zero-order valence-electron chi connectivity index (χ0n) is 5.10. The van der Waals surface area contributed by atoms with Crippen molar-refractivity contribution in [1.29, 1.82) is 0 Å². The molecule has 0 saturated heterocycles. The molecule has 0 spiro atoms. The molecule has 0 nitrogen and oxygen atoms in total. The average Bonchev–Trinajstić information content (AvgIpc) is 2.59. The van der Waals surface area contributed by atoms with Crippen molar-refractivity contribution in [2.24, 2.45) is 0 Å².